The van der Waals surface area contributed by atoms with Crippen LogP contribution in [-0.2, 0) is 12.4 Å². The lowest BCUT2D eigenvalue weighted by molar-refractivity contribution is 0.0793. The third-order valence-electron chi connectivity index (χ3n) is 4.66. The van der Waals surface area contributed by atoms with Gasteiger partial charge in [-0.05, 0) is 54.8 Å². The van der Waals surface area contributed by atoms with Crippen LogP contribution >= 0.6 is 23.4 Å². The Morgan fingerprint density at radius 3 is 2.55 bits per heavy atom. The number of hydrogen-bond donors (Lipinski definition) is 1. The molecule has 150 valence electrons. The molecular weight excluding hydrogens is 408 g/mol. The van der Waals surface area contributed by atoms with Gasteiger partial charge in [0.15, 0.2) is 5.82 Å². The van der Waals surface area contributed by atoms with Gasteiger partial charge >= 0.3 is 0 Å². The van der Waals surface area contributed by atoms with Gasteiger partial charge in [0.25, 0.3) is 5.91 Å². The van der Waals surface area contributed by atoms with Gasteiger partial charge < -0.3 is 9.64 Å². The van der Waals surface area contributed by atoms with Gasteiger partial charge in [-0.2, -0.15) is 0 Å². The van der Waals surface area contributed by atoms with E-state index in [0.717, 1.165) is 48.6 Å². The van der Waals surface area contributed by atoms with Crippen LogP contribution in [0.1, 0.15) is 34.6 Å². The number of carbonyl (C=O) groups excluding carboxylic acids is 1. The molecule has 6 nitrogen and oxygen atoms in total. The molecule has 1 N–H and O–H groups in total. The Balaban J connectivity index is 1.27. The largest absolute Gasteiger partial charge is 0.486 e. The summed E-state index contributed by atoms with van der Waals surface area (Å²) in [5, 5.41) is 8.45. The van der Waals surface area contributed by atoms with Crippen LogP contribution in [0.25, 0.3) is 0 Å². The quantitative estimate of drug-likeness (QED) is 0.558. The normalized spacial score (nSPS) is 13.6. The maximum Gasteiger partial charge on any atom is 0.253 e. The number of ether oxygens (including phenoxy) is 1. The van der Waals surface area contributed by atoms with Crippen LogP contribution in [-0.4, -0.2) is 39.1 Å². The summed E-state index contributed by atoms with van der Waals surface area (Å²) in [6, 6.07) is 15.0. The van der Waals surface area contributed by atoms with E-state index in [2.05, 4.69) is 15.2 Å². The highest BCUT2D eigenvalue weighted by Crippen LogP contribution is 2.21. The molecule has 8 heteroatoms. The molecule has 0 bridgehead atoms. The third-order valence-corrected chi connectivity index (χ3v) is 5.83. The molecule has 0 aliphatic carbocycles. The lowest BCUT2D eigenvalue weighted by Crippen LogP contribution is -2.27. The first-order valence-electron chi connectivity index (χ1n) is 9.48. The number of benzene rings is 2. The van der Waals surface area contributed by atoms with Crippen LogP contribution in [0.15, 0.2) is 53.7 Å². The van der Waals surface area contributed by atoms with Crippen molar-refractivity contribution in [1.82, 2.24) is 20.1 Å². The fraction of sp³-hybridized carbons (Fsp3) is 0.286. The van der Waals surface area contributed by atoms with Crippen molar-refractivity contribution in [2.45, 2.75) is 30.4 Å². The van der Waals surface area contributed by atoms with Crippen LogP contribution in [0.5, 0.6) is 5.75 Å². The molecular formula is C21H21ClN4O2S. The summed E-state index contributed by atoms with van der Waals surface area (Å²) in [6.45, 7) is 2.04. The lowest BCUT2D eigenvalue weighted by Gasteiger charge is -2.15. The zero-order valence-electron chi connectivity index (χ0n) is 15.8. The van der Waals surface area contributed by atoms with Gasteiger partial charge in [-0.25, -0.2) is 4.98 Å². The summed E-state index contributed by atoms with van der Waals surface area (Å²) >= 11 is 7.40. The van der Waals surface area contributed by atoms with Crippen LogP contribution < -0.4 is 4.74 Å². The van der Waals surface area contributed by atoms with E-state index in [1.165, 1.54) is 11.8 Å². The van der Waals surface area contributed by atoms with Gasteiger partial charge in [0.1, 0.15) is 12.4 Å². The summed E-state index contributed by atoms with van der Waals surface area (Å²) in [7, 11) is 0. The number of nitrogens with zero attached hydrogens (tertiary/aromatic N) is 3. The van der Waals surface area contributed by atoms with Gasteiger partial charge in [0.2, 0.25) is 5.16 Å². The monoisotopic (exact) mass is 428 g/mol. The zero-order valence-corrected chi connectivity index (χ0v) is 17.4. The number of carbonyl (C=O) groups is 1. The molecule has 1 aliphatic heterocycles. The van der Waals surface area contributed by atoms with Crippen LogP contribution in [0.2, 0.25) is 5.02 Å². The van der Waals surface area contributed by atoms with E-state index in [9.17, 15) is 4.79 Å². The van der Waals surface area contributed by atoms with Crippen molar-refractivity contribution in [3.63, 3.8) is 0 Å². The second-order valence-corrected chi connectivity index (χ2v) is 8.17. The molecule has 0 atom stereocenters. The molecule has 29 heavy (non-hydrogen) atoms. The second kappa shape index (κ2) is 9.33. The number of thioether (sulfide) groups is 1. The SMILES string of the molecule is O=C(c1ccc(CSc2n[nH]c(COc3ccc(Cl)cc3)n2)cc1)N1CCCC1. The standard InChI is InChI=1S/C21H21ClN4O2S/c22-17-7-9-18(10-8-17)28-13-19-23-21(25-24-19)29-14-15-3-5-16(6-4-15)20(27)26-11-1-2-12-26/h3-10H,1-2,11-14H2,(H,23,24,25). The summed E-state index contributed by atoms with van der Waals surface area (Å²) in [6.07, 6.45) is 2.20. The summed E-state index contributed by atoms with van der Waals surface area (Å²) in [4.78, 5) is 18.8. The van der Waals surface area contributed by atoms with Crippen LogP contribution in [0.4, 0.5) is 0 Å². The Hall–Kier alpha value is -2.51. The topological polar surface area (TPSA) is 71.1 Å². The van der Waals surface area contributed by atoms with Gasteiger partial charge in [0.05, 0.1) is 0 Å². The van der Waals surface area contributed by atoms with Crippen LogP contribution in [0.3, 0.4) is 0 Å². The molecule has 1 aliphatic rings. The number of hydrogen-bond acceptors (Lipinski definition) is 5. The fourth-order valence-electron chi connectivity index (χ4n) is 3.08. The third kappa shape index (κ3) is 5.31. The Morgan fingerprint density at radius 1 is 1.10 bits per heavy atom. The molecule has 2 heterocycles. The number of aromatic amines is 1. The highest BCUT2D eigenvalue weighted by atomic mass is 35.5. The predicted molar refractivity (Wildman–Crippen MR) is 113 cm³/mol. The first kappa shape index (κ1) is 19.8. The number of nitrogens with one attached hydrogen (secondary N) is 1. The van der Waals surface area contributed by atoms with E-state index >= 15 is 0 Å². The number of aromatic nitrogens is 3. The van der Waals surface area contributed by atoms with E-state index < -0.39 is 0 Å². The molecule has 1 amide bonds. The van der Waals surface area contributed by atoms with Crippen molar-refractivity contribution in [1.29, 1.82) is 0 Å². The zero-order chi connectivity index (χ0) is 20.1. The molecule has 1 saturated heterocycles. The van der Waals surface area contributed by atoms with Gasteiger partial charge in [-0.15, -0.1) is 5.10 Å². The number of halogens is 1. The van der Waals surface area contributed by atoms with Crippen molar-refractivity contribution < 1.29 is 9.53 Å². The van der Waals surface area contributed by atoms with Crippen LogP contribution in [0, 0.1) is 0 Å². The van der Waals surface area contributed by atoms with Crippen molar-refractivity contribution in [3.05, 3.63) is 70.5 Å². The Bertz CT molecular complexity index is 954. The minimum Gasteiger partial charge on any atom is -0.486 e. The van der Waals surface area contributed by atoms with Gasteiger partial charge in [0, 0.05) is 29.4 Å². The molecule has 0 radical (unpaired) electrons. The minimum atomic E-state index is 0.126. The molecule has 1 fully saturated rings. The second-order valence-electron chi connectivity index (χ2n) is 6.79. The van der Waals surface area contributed by atoms with E-state index in [1.54, 1.807) is 12.1 Å². The number of likely N-dealkylation sites (tertiary alicyclic amines) is 1. The molecule has 1 aromatic heterocycles. The Morgan fingerprint density at radius 2 is 1.83 bits per heavy atom. The molecule has 3 aromatic rings. The van der Waals surface area contributed by atoms with Gasteiger partial charge in [-0.1, -0.05) is 35.5 Å². The predicted octanol–water partition coefficient (Wildman–Crippen LogP) is 4.57. The number of amides is 1. The lowest BCUT2D eigenvalue weighted by atomic mass is 10.1. The minimum absolute atomic E-state index is 0.126. The maximum absolute atomic E-state index is 12.4. The van der Waals surface area contributed by atoms with Crippen molar-refractivity contribution in [3.8, 4) is 5.75 Å². The highest BCUT2D eigenvalue weighted by molar-refractivity contribution is 7.98. The summed E-state index contributed by atoms with van der Waals surface area (Å²) < 4.78 is 5.66. The number of rotatable bonds is 7. The van der Waals surface area contributed by atoms with Crippen molar-refractivity contribution in [2.24, 2.45) is 0 Å². The van der Waals surface area contributed by atoms with E-state index in [0.29, 0.717) is 22.6 Å². The molecule has 0 saturated carbocycles. The fourth-order valence-corrected chi connectivity index (χ4v) is 3.98. The average molecular weight is 429 g/mol. The Labute approximate surface area is 178 Å². The molecule has 0 unspecified atom stereocenters. The maximum atomic E-state index is 12.4. The Kier molecular flexibility index (Phi) is 6.36. The van der Waals surface area contributed by atoms with E-state index in [-0.39, 0.29) is 5.91 Å². The summed E-state index contributed by atoms with van der Waals surface area (Å²) in [5.41, 5.74) is 1.87. The summed E-state index contributed by atoms with van der Waals surface area (Å²) in [5.74, 6) is 2.24. The van der Waals surface area contributed by atoms with Gasteiger partial charge in [-0.3, -0.25) is 9.89 Å². The molecule has 2 aromatic carbocycles. The van der Waals surface area contributed by atoms with E-state index in [4.69, 9.17) is 16.3 Å². The molecule has 0 spiro atoms. The first-order chi connectivity index (χ1) is 14.2. The highest BCUT2D eigenvalue weighted by Gasteiger charge is 2.19. The van der Waals surface area contributed by atoms with Crippen molar-refractivity contribution in [2.75, 3.05) is 13.1 Å². The number of H-pyrrole nitrogens is 1. The average Bonchev–Trinajstić information content (AvgIpc) is 3.44. The van der Waals surface area contributed by atoms with E-state index in [1.807, 2.05) is 41.3 Å². The smallest absolute Gasteiger partial charge is 0.253 e. The first-order valence-corrected chi connectivity index (χ1v) is 10.8. The molecule has 4 rings (SSSR count). The van der Waals surface area contributed by atoms with Crippen molar-refractivity contribution >= 4 is 29.3 Å².